The third-order valence-electron chi connectivity index (χ3n) is 1.81. The van der Waals surface area contributed by atoms with Crippen LogP contribution in [0.4, 0.5) is 0 Å². The predicted molar refractivity (Wildman–Crippen MR) is 64.3 cm³/mol. The Labute approximate surface area is 130 Å². The molecule has 0 bridgehead atoms. The molecule has 104 valence electrons. The molecule has 0 amide bonds. The van der Waals surface area contributed by atoms with Gasteiger partial charge in [0, 0.05) is 0 Å². The second-order valence-corrected chi connectivity index (χ2v) is 4.49. The Kier molecular flexibility index (Phi) is 20.6. The Hall–Kier alpha value is -0.0300. The van der Waals surface area contributed by atoms with Crippen molar-refractivity contribution in [1.82, 2.24) is 12.3 Å². The van der Waals surface area contributed by atoms with E-state index in [-0.39, 0.29) is 63.6 Å². The number of rotatable bonds is 2. The molecular formula is C9H21N2NaO5S. The Balaban J connectivity index is -0.000000113. The van der Waals surface area contributed by atoms with Crippen LogP contribution < -0.4 is 41.9 Å². The SMILES string of the molecule is CC(C)c1ccccc1S(=O)(=O)[O-].[NH4+].[NH4+].[Na+].[OH-].[OH-]. The van der Waals surface area contributed by atoms with Crippen LogP contribution in [0.5, 0.6) is 0 Å². The Morgan fingerprint density at radius 2 is 1.44 bits per heavy atom. The predicted octanol–water partition coefficient (Wildman–Crippen LogP) is -0.883. The maximum absolute atomic E-state index is 10.8. The normalized spacial score (nSPS) is 8.67. The molecule has 10 N–H and O–H groups in total. The Bertz CT molecular complexity index is 411. The van der Waals surface area contributed by atoms with Crippen molar-refractivity contribution in [2.75, 3.05) is 0 Å². The van der Waals surface area contributed by atoms with E-state index >= 15 is 0 Å². The summed E-state index contributed by atoms with van der Waals surface area (Å²) < 4.78 is 32.4. The second kappa shape index (κ2) is 12.0. The van der Waals surface area contributed by atoms with Gasteiger partial charge in [0.25, 0.3) is 0 Å². The van der Waals surface area contributed by atoms with Crippen LogP contribution in [0.15, 0.2) is 29.2 Å². The van der Waals surface area contributed by atoms with Gasteiger partial charge in [-0.2, -0.15) is 0 Å². The van der Waals surface area contributed by atoms with Gasteiger partial charge >= 0.3 is 29.6 Å². The number of quaternary nitrogens is 2. The first-order valence-electron chi connectivity index (χ1n) is 3.97. The zero-order valence-corrected chi connectivity index (χ0v) is 14.2. The summed E-state index contributed by atoms with van der Waals surface area (Å²) in [6, 6.07) is 6.29. The third-order valence-corrected chi connectivity index (χ3v) is 2.72. The molecule has 0 spiro atoms. The first-order valence-corrected chi connectivity index (χ1v) is 5.38. The molecule has 0 atom stereocenters. The molecule has 0 fully saturated rings. The van der Waals surface area contributed by atoms with E-state index in [1.165, 1.54) is 6.07 Å². The summed E-state index contributed by atoms with van der Waals surface area (Å²) >= 11 is 0. The summed E-state index contributed by atoms with van der Waals surface area (Å²) in [7, 11) is -4.33. The molecule has 1 aromatic rings. The molecule has 1 rings (SSSR count). The molecule has 7 nitrogen and oxygen atoms in total. The van der Waals surface area contributed by atoms with Crippen LogP contribution in [0.2, 0.25) is 0 Å². The van der Waals surface area contributed by atoms with Crippen molar-refractivity contribution in [1.29, 1.82) is 0 Å². The van der Waals surface area contributed by atoms with Crippen LogP contribution in [0.25, 0.3) is 0 Å². The van der Waals surface area contributed by atoms with E-state index in [1.807, 2.05) is 13.8 Å². The molecule has 0 unspecified atom stereocenters. The van der Waals surface area contributed by atoms with Crippen molar-refractivity contribution in [2.24, 2.45) is 0 Å². The van der Waals surface area contributed by atoms with E-state index in [0.29, 0.717) is 5.56 Å². The quantitative estimate of drug-likeness (QED) is 0.527. The van der Waals surface area contributed by atoms with E-state index in [4.69, 9.17) is 0 Å². The van der Waals surface area contributed by atoms with Crippen LogP contribution >= 0.6 is 0 Å². The fourth-order valence-electron chi connectivity index (χ4n) is 1.19. The average molecular weight is 292 g/mol. The molecular weight excluding hydrogens is 271 g/mol. The van der Waals surface area contributed by atoms with Gasteiger partial charge in [-0.15, -0.1) is 0 Å². The van der Waals surface area contributed by atoms with Gasteiger partial charge in [0.05, 0.1) is 4.90 Å². The Morgan fingerprint density at radius 3 is 1.72 bits per heavy atom. The van der Waals surface area contributed by atoms with Gasteiger partial charge in [-0.1, -0.05) is 32.0 Å². The molecule has 0 radical (unpaired) electrons. The van der Waals surface area contributed by atoms with Crippen LogP contribution in [0, 0.1) is 0 Å². The summed E-state index contributed by atoms with van der Waals surface area (Å²) in [6.45, 7) is 3.70. The van der Waals surface area contributed by atoms with Crippen LogP contribution in [0.3, 0.4) is 0 Å². The molecule has 0 aliphatic rings. The minimum absolute atomic E-state index is 0. The zero-order chi connectivity index (χ0) is 10.1. The zero-order valence-electron chi connectivity index (χ0n) is 11.4. The molecule has 1 aromatic carbocycles. The van der Waals surface area contributed by atoms with Crippen molar-refractivity contribution < 1.29 is 53.5 Å². The van der Waals surface area contributed by atoms with Gasteiger partial charge in [0.2, 0.25) is 0 Å². The molecule has 18 heavy (non-hydrogen) atoms. The Morgan fingerprint density at radius 1 is 1.06 bits per heavy atom. The molecule has 0 saturated heterocycles. The van der Waals surface area contributed by atoms with E-state index in [2.05, 4.69) is 0 Å². The van der Waals surface area contributed by atoms with E-state index < -0.39 is 10.1 Å². The third kappa shape index (κ3) is 8.14. The molecule has 9 heteroatoms. The van der Waals surface area contributed by atoms with E-state index in [9.17, 15) is 13.0 Å². The number of benzene rings is 1. The first kappa shape index (κ1) is 30.8. The fraction of sp³-hybridized carbons (Fsp3) is 0.333. The van der Waals surface area contributed by atoms with Crippen molar-refractivity contribution >= 4 is 10.1 Å². The van der Waals surface area contributed by atoms with Gasteiger partial charge in [-0.3, -0.25) is 0 Å². The number of hydrogen-bond donors (Lipinski definition) is 2. The van der Waals surface area contributed by atoms with Crippen molar-refractivity contribution in [3.05, 3.63) is 29.8 Å². The van der Waals surface area contributed by atoms with Gasteiger partial charge in [0.1, 0.15) is 10.1 Å². The summed E-state index contributed by atoms with van der Waals surface area (Å²) in [4.78, 5) is -0.106. The standard InChI is InChI=1S/C9H12O3S.2H3N.Na.2H2O/c1-7(2)8-5-3-4-6-9(8)13(10,11)12;;;;;/h3-7H,1-2H3,(H,10,11,12);2*1H3;;2*1H2/q;;;+1;;/p-1. The van der Waals surface area contributed by atoms with E-state index in [1.54, 1.807) is 18.2 Å². The fourth-order valence-corrected chi connectivity index (χ4v) is 2.02. The van der Waals surface area contributed by atoms with Gasteiger partial charge in [-0.25, -0.2) is 8.42 Å². The summed E-state index contributed by atoms with van der Waals surface area (Å²) in [5.41, 5.74) is 0.581. The topological polar surface area (TPSA) is 190 Å². The largest absolute Gasteiger partial charge is 1.00 e. The summed E-state index contributed by atoms with van der Waals surface area (Å²) in [6.07, 6.45) is 0. The van der Waals surface area contributed by atoms with Gasteiger partial charge in [0.15, 0.2) is 0 Å². The van der Waals surface area contributed by atoms with Gasteiger partial charge < -0.3 is 27.8 Å². The van der Waals surface area contributed by atoms with Crippen molar-refractivity contribution in [3.63, 3.8) is 0 Å². The van der Waals surface area contributed by atoms with Crippen LogP contribution in [-0.2, 0) is 10.1 Å². The minimum Gasteiger partial charge on any atom is -0.870 e. The van der Waals surface area contributed by atoms with Crippen LogP contribution in [-0.4, -0.2) is 23.9 Å². The monoisotopic (exact) mass is 292 g/mol. The first-order chi connectivity index (χ1) is 5.93. The molecule has 0 saturated carbocycles. The van der Waals surface area contributed by atoms with E-state index in [0.717, 1.165) is 0 Å². The smallest absolute Gasteiger partial charge is 0.870 e. The molecule has 0 aromatic heterocycles. The molecule has 0 aliphatic carbocycles. The van der Waals surface area contributed by atoms with Crippen LogP contribution in [0.1, 0.15) is 25.3 Å². The maximum atomic E-state index is 10.8. The maximum Gasteiger partial charge on any atom is 1.00 e. The molecule has 0 aliphatic heterocycles. The van der Waals surface area contributed by atoms with Gasteiger partial charge in [-0.05, 0) is 17.5 Å². The summed E-state index contributed by atoms with van der Waals surface area (Å²) in [5.74, 6) is 0.0416. The van der Waals surface area contributed by atoms with Crippen molar-refractivity contribution in [2.45, 2.75) is 24.7 Å². The average Bonchev–Trinajstić information content (AvgIpc) is 2.03. The minimum atomic E-state index is -4.33. The molecule has 0 heterocycles. The summed E-state index contributed by atoms with van der Waals surface area (Å²) in [5, 5.41) is 0. The second-order valence-electron chi connectivity index (χ2n) is 3.15. The van der Waals surface area contributed by atoms with Crippen molar-refractivity contribution in [3.8, 4) is 0 Å². The number of hydrogen-bond acceptors (Lipinski definition) is 5.